The first-order valence-corrected chi connectivity index (χ1v) is 4.96. The van der Waals surface area contributed by atoms with Crippen LogP contribution in [0.5, 0.6) is 0 Å². The standard InChI is InChI=1S/C10H21NO2/c1-5-7(2)6-8(3)11-9(4)10(12)13/h7-9,11H,5-6H2,1-4H3,(H,12,13). The highest BCUT2D eigenvalue weighted by Crippen LogP contribution is 2.09. The third-order valence-electron chi connectivity index (χ3n) is 2.36. The molecule has 3 atom stereocenters. The number of rotatable bonds is 6. The molecule has 0 bridgehead atoms. The van der Waals surface area contributed by atoms with Crippen LogP contribution >= 0.6 is 0 Å². The van der Waals surface area contributed by atoms with Crippen LogP contribution in [0.25, 0.3) is 0 Å². The van der Waals surface area contributed by atoms with Gasteiger partial charge in [0.1, 0.15) is 6.04 Å². The Morgan fingerprint density at radius 2 is 1.92 bits per heavy atom. The van der Waals surface area contributed by atoms with Gasteiger partial charge in [0.05, 0.1) is 0 Å². The lowest BCUT2D eigenvalue weighted by Crippen LogP contribution is -2.40. The normalized spacial score (nSPS) is 17.8. The molecule has 3 unspecified atom stereocenters. The van der Waals surface area contributed by atoms with Crippen LogP contribution in [0.4, 0.5) is 0 Å². The molecule has 13 heavy (non-hydrogen) atoms. The van der Waals surface area contributed by atoms with E-state index in [1.54, 1.807) is 6.92 Å². The number of nitrogens with one attached hydrogen (secondary N) is 1. The van der Waals surface area contributed by atoms with E-state index >= 15 is 0 Å². The molecule has 3 heteroatoms. The predicted molar refractivity (Wildman–Crippen MR) is 53.8 cm³/mol. The molecule has 0 aromatic heterocycles. The molecule has 0 spiro atoms. The second-order valence-electron chi connectivity index (χ2n) is 3.88. The SMILES string of the molecule is CCC(C)CC(C)NC(C)C(=O)O. The van der Waals surface area contributed by atoms with Gasteiger partial charge >= 0.3 is 5.97 Å². The molecule has 0 aliphatic heterocycles. The molecular formula is C10H21NO2. The minimum atomic E-state index is -0.781. The van der Waals surface area contributed by atoms with Gasteiger partial charge in [-0.3, -0.25) is 4.79 Å². The van der Waals surface area contributed by atoms with Crippen LogP contribution in [-0.2, 0) is 4.79 Å². The van der Waals surface area contributed by atoms with Gasteiger partial charge in [0.25, 0.3) is 0 Å². The largest absolute Gasteiger partial charge is 0.480 e. The van der Waals surface area contributed by atoms with Crippen molar-refractivity contribution in [3.05, 3.63) is 0 Å². The van der Waals surface area contributed by atoms with Gasteiger partial charge in [-0.15, -0.1) is 0 Å². The van der Waals surface area contributed by atoms with Crippen LogP contribution in [0.1, 0.15) is 40.5 Å². The fourth-order valence-corrected chi connectivity index (χ4v) is 1.34. The molecule has 0 saturated carbocycles. The summed E-state index contributed by atoms with van der Waals surface area (Å²) >= 11 is 0. The van der Waals surface area contributed by atoms with Crippen molar-refractivity contribution in [2.24, 2.45) is 5.92 Å². The van der Waals surface area contributed by atoms with Gasteiger partial charge in [-0.2, -0.15) is 0 Å². The maximum Gasteiger partial charge on any atom is 0.320 e. The fourth-order valence-electron chi connectivity index (χ4n) is 1.34. The first kappa shape index (κ1) is 12.4. The van der Waals surface area contributed by atoms with E-state index in [1.807, 2.05) is 6.92 Å². The molecule has 0 fully saturated rings. The first-order valence-electron chi connectivity index (χ1n) is 4.96. The molecule has 0 amide bonds. The molecular weight excluding hydrogens is 166 g/mol. The molecule has 0 rings (SSSR count). The van der Waals surface area contributed by atoms with Gasteiger partial charge in [0.2, 0.25) is 0 Å². The molecule has 0 aromatic rings. The van der Waals surface area contributed by atoms with Crippen LogP contribution in [0.15, 0.2) is 0 Å². The zero-order chi connectivity index (χ0) is 10.4. The van der Waals surface area contributed by atoms with Gasteiger partial charge in [-0.1, -0.05) is 20.3 Å². The summed E-state index contributed by atoms with van der Waals surface area (Å²) < 4.78 is 0. The van der Waals surface area contributed by atoms with Crippen LogP contribution in [-0.4, -0.2) is 23.2 Å². The number of hydrogen-bond acceptors (Lipinski definition) is 2. The number of carboxylic acids is 1. The number of carboxylic acid groups (broad SMARTS) is 1. The lowest BCUT2D eigenvalue weighted by atomic mass is 10.00. The smallest absolute Gasteiger partial charge is 0.320 e. The Kier molecular flexibility index (Phi) is 5.71. The minimum absolute atomic E-state index is 0.279. The third-order valence-corrected chi connectivity index (χ3v) is 2.36. The van der Waals surface area contributed by atoms with Crippen molar-refractivity contribution in [3.8, 4) is 0 Å². The van der Waals surface area contributed by atoms with Crippen molar-refractivity contribution in [2.75, 3.05) is 0 Å². The highest BCUT2D eigenvalue weighted by atomic mass is 16.4. The topological polar surface area (TPSA) is 49.3 Å². The Morgan fingerprint density at radius 1 is 1.38 bits per heavy atom. The van der Waals surface area contributed by atoms with E-state index in [0.717, 1.165) is 12.8 Å². The number of aliphatic carboxylic acids is 1. The summed E-state index contributed by atoms with van der Waals surface area (Å²) in [5.41, 5.74) is 0. The lowest BCUT2D eigenvalue weighted by molar-refractivity contribution is -0.139. The zero-order valence-electron chi connectivity index (χ0n) is 9.00. The van der Waals surface area contributed by atoms with Crippen molar-refractivity contribution in [3.63, 3.8) is 0 Å². The molecule has 0 radical (unpaired) electrons. The number of hydrogen-bond donors (Lipinski definition) is 2. The molecule has 0 aliphatic rings. The Labute approximate surface area is 80.5 Å². The van der Waals surface area contributed by atoms with Crippen molar-refractivity contribution >= 4 is 5.97 Å². The molecule has 78 valence electrons. The Bertz CT molecular complexity index is 159. The second kappa shape index (κ2) is 5.97. The van der Waals surface area contributed by atoms with E-state index in [2.05, 4.69) is 19.2 Å². The average Bonchev–Trinajstić information content (AvgIpc) is 2.03. The Hall–Kier alpha value is -0.570. The third kappa shape index (κ3) is 5.64. The van der Waals surface area contributed by atoms with Gasteiger partial charge in [0, 0.05) is 6.04 Å². The van der Waals surface area contributed by atoms with E-state index in [1.165, 1.54) is 0 Å². The highest BCUT2D eigenvalue weighted by Gasteiger charge is 2.14. The predicted octanol–water partition coefficient (Wildman–Crippen LogP) is 1.87. The van der Waals surface area contributed by atoms with Crippen LogP contribution < -0.4 is 5.32 Å². The summed E-state index contributed by atoms with van der Waals surface area (Å²) in [5.74, 6) is -0.125. The van der Waals surface area contributed by atoms with Gasteiger partial charge in [0.15, 0.2) is 0 Å². The lowest BCUT2D eigenvalue weighted by Gasteiger charge is -2.19. The van der Waals surface area contributed by atoms with E-state index in [0.29, 0.717) is 5.92 Å². The van der Waals surface area contributed by atoms with E-state index in [-0.39, 0.29) is 6.04 Å². The molecule has 2 N–H and O–H groups in total. The Morgan fingerprint density at radius 3 is 2.31 bits per heavy atom. The van der Waals surface area contributed by atoms with E-state index in [9.17, 15) is 4.79 Å². The minimum Gasteiger partial charge on any atom is -0.480 e. The molecule has 0 aromatic carbocycles. The summed E-state index contributed by atoms with van der Waals surface area (Å²) in [4.78, 5) is 10.5. The van der Waals surface area contributed by atoms with Gasteiger partial charge in [-0.05, 0) is 26.2 Å². The van der Waals surface area contributed by atoms with Gasteiger partial charge < -0.3 is 10.4 Å². The van der Waals surface area contributed by atoms with Crippen molar-refractivity contribution in [1.29, 1.82) is 0 Å². The fraction of sp³-hybridized carbons (Fsp3) is 0.900. The van der Waals surface area contributed by atoms with Crippen molar-refractivity contribution in [2.45, 2.75) is 52.6 Å². The summed E-state index contributed by atoms with van der Waals surface area (Å²) in [5, 5.41) is 11.7. The maximum atomic E-state index is 10.5. The van der Waals surface area contributed by atoms with Crippen molar-refractivity contribution in [1.82, 2.24) is 5.32 Å². The van der Waals surface area contributed by atoms with Crippen LogP contribution in [0, 0.1) is 5.92 Å². The summed E-state index contributed by atoms with van der Waals surface area (Å²) in [6, 6.07) is -0.167. The molecule has 0 saturated heterocycles. The van der Waals surface area contributed by atoms with E-state index < -0.39 is 12.0 Å². The molecule has 3 nitrogen and oxygen atoms in total. The summed E-state index contributed by atoms with van der Waals surface area (Å²) in [6.45, 7) is 8.04. The summed E-state index contributed by atoms with van der Waals surface area (Å²) in [6.07, 6.45) is 2.18. The highest BCUT2D eigenvalue weighted by molar-refractivity contribution is 5.72. The zero-order valence-corrected chi connectivity index (χ0v) is 9.00. The Balaban J connectivity index is 3.73. The molecule has 0 aliphatic carbocycles. The first-order chi connectivity index (χ1) is 5.97. The monoisotopic (exact) mass is 187 g/mol. The van der Waals surface area contributed by atoms with E-state index in [4.69, 9.17) is 5.11 Å². The summed E-state index contributed by atoms with van der Waals surface area (Å²) in [7, 11) is 0. The van der Waals surface area contributed by atoms with Crippen LogP contribution in [0.3, 0.4) is 0 Å². The van der Waals surface area contributed by atoms with Crippen molar-refractivity contribution < 1.29 is 9.90 Å². The second-order valence-corrected chi connectivity index (χ2v) is 3.88. The maximum absolute atomic E-state index is 10.5. The van der Waals surface area contributed by atoms with Gasteiger partial charge in [-0.25, -0.2) is 0 Å². The quantitative estimate of drug-likeness (QED) is 0.667. The molecule has 0 heterocycles. The average molecular weight is 187 g/mol. The number of carbonyl (C=O) groups is 1. The van der Waals surface area contributed by atoms with Crippen LogP contribution in [0.2, 0.25) is 0 Å².